The lowest BCUT2D eigenvalue weighted by Gasteiger charge is -2.26. The number of aliphatic imine (C=N–C) groups is 1. The number of benzene rings is 1. The van der Waals surface area contributed by atoms with Crippen LogP contribution in [0.4, 0.5) is 0 Å². The SMILES string of the molecule is CCNC(=NCCN1CCS(=O)(=O)CC1)N(C)Cc1ccc(C)cc1.I. The Balaban J connectivity index is 0.00000338. The third kappa shape index (κ3) is 7.79. The summed E-state index contributed by atoms with van der Waals surface area (Å²) >= 11 is 0. The van der Waals surface area contributed by atoms with Crippen molar-refractivity contribution in [1.82, 2.24) is 15.1 Å². The van der Waals surface area contributed by atoms with Crippen LogP contribution < -0.4 is 5.32 Å². The maximum Gasteiger partial charge on any atom is 0.194 e. The van der Waals surface area contributed by atoms with Gasteiger partial charge in [-0.15, -0.1) is 24.0 Å². The van der Waals surface area contributed by atoms with Gasteiger partial charge in [-0.3, -0.25) is 9.89 Å². The lowest BCUT2D eigenvalue weighted by Crippen LogP contribution is -2.42. The highest BCUT2D eigenvalue weighted by molar-refractivity contribution is 14.0. The third-order valence-electron chi connectivity index (χ3n) is 4.35. The van der Waals surface area contributed by atoms with Crippen LogP contribution in [0.5, 0.6) is 0 Å². The third-order valence-corrected chi connectivity index (χ3v) is 5.96. The van der Waals surface area contributed by atoms with Gasteiger partial charge in [0.05, 0.1) is 18.1 Å². The van der Waals surface area contributed by atoms with Crippen molar-refractivity contribution in [3.05, 3.63) is 35.4 Å². The van der Waals surface area contributed by atoms with Gasteiger partial charge in [0.2, 0.25) is 0 Å². The Morgan fingerprint density at radius 2 is 1.85 bits per heavy atom. The average Bonchev–Trinajstić information content (AvgIpc) is 2.57. The molecule has 6 nitrogen and oxygen atoms in total. The first kappa shape index (κ1) is 23.2. The van der Waals surface area contributed by atoms with E-state index in [4.69, 9.17) is 4.99 Å². The van der Waals surface area contributed by atoms with E-state index in [1.807, 2.05) is 7.05 Å². The summed E-state index contributed by atoms with van der Waals surface area (Å²) in [5.41, 5.74) is 2.51. The van der Waals surface area contributed by atoms with Crippen molar-refractivity contribution in [2.24, 2.45) is 4.99 Å². The first-order chi connectivity index (χ1) is 11.9. The van der Waals surface area contributed by atoms with Crippen LogP contribution in [0, 0.1) is 6.92 Å². The molecule has 0 spiro atoms. The molecular weight excluding hydrogens is 463 g/mol. The number of nitrogens with zero attached hydrogens (tertiary/aromatic N) is 3. The highest BCUT2D eigenvalue weighted by Gasteiger charge is 2.20. The van der Waals surface area contributed by atoms with Gasteiger partial charge in [0.15, 0.2) is 15.8 Å². The molecule has 1 aromatic rings. The zero-order chi connectivity index (χ0) is 18.3. The number of halogens is 1. The van der Waals surface area contributed by atoms with Crippen LogP contribution in [0.25, 0.3) is 0 Å². The fourth-order valence-electron chi connectivity index (χ4n) is 2.78. The summed E-state index contributed by atoms with van der Waals surface area (Å²) in [6.07, 6.45) is 0. The maximum atomic E-state index is 11.5. The Hall–Kier alpha value is -0.870. The van der Waals surface area contributed by atoms with Crippen molar-refractivity contribution >= 4 is 39.8 Å². The normalized spacial score (nSPS) is 17.4. The number of aryl methyl sites for hydroxylation is 1. The van der Waals surface area contributed by atoms with E-state index in [1.165, 1.54) is 11.1 Å². The van der Waals surface area contributed by atoms with Crippen molar-refractivity contribution in [2.75, 3.05) is 51.3 Å². The molecular formula is C18H31IN4O2S. The maximum absolute atomic E-state index is 11.5. The van der Waals surface area contributed by atoms with Gasteiger partial charge in [-0.1, -0.05) is 29.8 Å². The molecule has 1 aliphatic rings. The topological polar surface area (TPSA) is 65.0 Å². The largest absolute Gasteiger partial charge is 0.357 e. The Morgan fingerprint density at radius 3 is 2.42 bits per heavy atom. The first-order valence-corrected chi connectivity index (χ1v) is 10.7. The Labute approximate surface area is 175 Å². The average molecular weight is 494 g/mol. The molecule has 1 heterocycles. The predicted molar refractivity (Wildman–Crippen MR) is 119 cm³/mol. The second-order valence-electron chi connectivity index (χ2n) is 6.57. The van der Waals surface area contributed by atoms with Crippen molar-refractivity contribution in [3.8, 4) is 0 Å². The molecule has 0 bridgehead atoms. The smallest absolute Gasteiger partial charge is 0.194 e. The Bertz CT molecular complexity index is 663. The summed E-state index contributed by atoms with van der Waals surface area (Å²) in [7, 11) is -0.778. The zero-order valence-corrected chi connectivity index (χ0v) is 19.1. The van der Waals surface area contributed by atoms with Gasteiger partial charge in [0, 0.05) is 39.8 Å². The molecule has 8 heteroatoms. The molecule has 1 saturated heterocycles. The molecule has 1 N–H and O–H groups in total. The van der Waals surface area contributed by atoms with Crippen LogP contribution in [0.1, 0.15) is 18.1 Å². The lowest BCUT2D eigenvalue weighted by molar-refractivity contribution is 0.303. The molecule has 0 aliphatic carbocycles. The van der Waals surface area contributed by atoms with Gasteiger partial charge < -0.3 is 10.2 Å². The molecule has 0 aromatic heterocycles. The summed E-state index contributed by atoms with van der Waals surface area (Å²) in [4.78, 5) is 8.99. The van der Waals surface area contributed by atoms with Crippen molar-refractivity contribution in [1.29, 1.82) is 0 Å². The highest BCUT2D eigenvalue weighted by Crippen LogP contribution is 2.06. The van der Waals surface area contributed by atoms with E-state index >= 15 is 0 Å². The fourth-order valence-corrected chi connectivity index (χ4v) is 4.06. The summed E-state index contributed by atoms with van der Waals surface area (Å²) < 4.78 is 23.0. The molecule has 0 unspecified atom stereocenters. The molecule has 0 atom stereocenters. The fraction of sp³-hybridized carbons (Fsp3) is 0.611. The standard InChI is InChI=1S/C18H30N4O2S.HI/c1-4-19-18(21(3)15-17-7-5-16(2)6-8-17)20-9-10-22-11-13-25(23,24)14-12-22;/h5-8H,4,9-15H2,1-3H3,(H,19,20);1H. The van der Waals surface area contributed by atoms with Crippen LogP contribution in [-0.4, -0.2) is 75.5 Å². The number of guanidine groups is 1. The van der Waals surface area contributed by atoms with Crippen LogP contribution >= 0.6 is 24.0 Å². The lowest BCUT2D eigenvalue weighted by atomic mass is 10.1. The number of nitrogens with one attached hydrogen (secondary N) is 1. The molecule has 0 saturated carbocycles. The monoisotopic (exact) mass is 494 g/mol. The molecule has 2 rings (SSSR count). The van der Waals surface area contributed by atoms with Gasteiger partial charge in [-0.25, -0.2) is 8.42 Å². The van der Waals surface area contributed by atoms with Gasteiger partial charge in [0.1, 0.15) is 0 Å². The van der Waals surface area contributed by atoms with Crippen LogP contribution in [0.15, 0.2) is 29.3 Å². The second kappa shape index (κ2) is 11.1. The van der Waals surface area contributed by atoms with E-state index < -0.39 is 9.84 Å². The molecule has 0 amide bonds. The summed E-state index contributed by atoms with van der Waals surface area (Å²) in [6, 6.07) is 8.53. The molecule has 1 aliphatic heterocycles. The van der Waals surface area contributed by atoms with E-state index in [2.05, 4.69) is 53.2 Å². The molecule has 148 valence electrons. The van der Waals surface area contributed by atoms with Crippen molar-refractivity contribution in [2.45, 2.75) is 20.4 Å². The predicted octanol–water partition coefficient (Wildman–Crippen LogP) is 1.74. The van der Waals surface area contributed by atoms with Gasteiger partial charge in [-0.2, -0.15) is 0 Å². The van der Waals surface area contributed by atoms with Gasteiger partial charge in [-0.05, 0) is 19.4 Å². The molecule has 0 radical (unpaired) electrons. The van der Waals surface area contributed by atoms with Crippen molar-refractivity contribution < 1.29 is 8.42 Å². The minimum Gasteiger partial charge on any atom is -0.357 e. The van der Waals surface area contributed by atoms with E-state index in [0.29, 0.717) is 19.6 Å². The summed E-state index contributed by atoms with van der Waals surface area (Å²) in [5, 5.41) is 3.33. The van der Waals surface area contributed by atoms with E-state index in [-0.39, 0.29) is 35.5 Å². The quantitative estimate of drug-likeness (QED) is 0.371. The Morgan fingerprint density at radius 1 is 1.23 bits per heavy atom. The van der Waals surface area contributed by atoms with E-state index in [0.717, 1.165) is 25.6 Å². The van der Waals surface area contributed by atoms with Crippen LogP contribution in [-0.2, 0) is 16.4 Å². The second-order valence-corrected chi connectivity index (χ2v) is 8.87. The van der Waals surface area contributed by atoms with Crippen molar-refractivity contribution in [3.63, 3.8) is 0 Å². The number of sulfone groups is 1. The van der Waals surface area contributed by atoms with Crippen LogP contribution in [0.3, 0.4) is 0 Å². The Kier molecular flexibility index (Phi) is 9.88. The molecule has 26 heavy (non-hydrogen) atoms. The molecule has 1 aromatic carbocycles. The van der Waals surface area contributed by atoms with Crippen LogP contribution in [0.2, 0.25) is 0 Å². The molecule has 1 fully saturated rings. The zero-order valence-electron chi connectivity index (χ0n) is 15.9. The summed E-state index contributed by atoms with van der Waals surface area (Å²) in [6.45, 7) is 8.47. The van der Waals surface area contributed by atoms with Gasteiger partial charge >= 0.3 is 0 Å². The minimum absolute atomic E-state index is 0. The first-order valence-electron chi connectivity index (χ1n) is 8.87. The number of hydrogen-bond donors (Lipinski definition) is 1. The van der Waals surface area contributed by atoms with E-state index in [1.54, 1.807) is 0 Å². The number of hydrogen-bond acceptors (Lipinski definition) is 4. The summed E-state index contributed by atoms with van der Waals surface area (Å²) in [5.74, 6) is 1.42. The highest BCUT2D eigenvalue weighted by atomic mass is 127. The van der Waals surface area contributed by atoms with Gasteiger partial charge in [0.25, 0.3) is 0 Å². The minimum atomic E-state index is -2.81. The number of rotatable bonds is 6. The van der Waals surface area contributed by atoms with E-state index in [9.17, 15) is 8.42 Å².